The van der Waals surface area contributed by atoms with Crippen molar-refractivity contribution in [2.24, 2.45) is 11.7 Å². The van der Waals surface area contributed by atoms with E-state index in [1.165, 1.54) is 0 Å². The molecule has 0 aromatic rings. The van der Waals surface area contributed by atoms with Crippen molar-refractivity contribution in [2.45, 2.75) is 58.6 Å². The average Bonchev–Trinajstić information content (AvgIpc) is 2.13. The number of rotatable bonds is 7. The molecule has 96 valence electrons. The van der Waals surface area contributed by atoms with Gasteiger partial charge in [-0.25, -0.2) is 0 Å². The first-order chi connectivity index (χ1) is 7.28. The van der Waals surface area contributed by atoms with Crippen molar-refractivity contribution in [3.8, 4) is 0 Å². The maximum Gasteiger partial charge on any atom is 0.237 e. The fraction of sp³-hybridized carbons (Fsp3) is 0.917. The normalized spacial score (nSPS) is 16.9. The molecule has 0 bridgehead atoms. The Morgan fingerprint density at radius 3 is 2.50 bits per heavy atom. The Hall–Kier alpha value is -0.610. The van der Waals surface area contributed by atoms with Gasteiger partial charge in [-0.3, -0.25) is 4.79 Å². The zero-order chi connectivity index (χ0) is 12.8. The van der Waals surface area contributed by atoms with E-state index < -0.39 is 11.6 Å². The lowest BCUT2D eigenvalue weighted by molar-refractivity contribution is -0.123. The van der Waals surface area contributed by atoms with E-state index in [-0.39, 0.29) is 12.5 Å². The first-order valence-corrected chi connectivity index (χ1v) is 6.04. The third-order valence-corrected chi connectivity index (χ3v) is 2.49. The van der Waals surface area contributed by atoms with Crippen LogP contribution in [0.1, 0.15) is 47.0 Å². The number of hydrogen-bond donors (Lipinski definition) is 3. The molecule has 0 heterocycles. The summed E-state index contributed by atoms with van der Waals surface area (Å²) < 4.78 is 0. The van der Waals surface area contributed by atoms with Crippen LogP contribution in [0.3, 0.4) is 0 Å². The monoisotopic (exact) mass is 230 g/mol. The molecular weight excluding hydrogens is 204 g/mol. The third-order valence-electron chi connectivity index (χ3n) is 2.49. The SMILES string of the molecule is CCCC(C)(O)CNC(=O)[C@@H](N)CC(C)C. The Morgan fingerprint density at radius 1 is 1.50 bits per heavy atom. The van der Waals surface area contributed by atoms with Crippen LogP contribution in [-0.2, 0) is 4.79 Å². The Balaban J connectivity index is 3.97. The van der Waals surface area contributed by atoms with Gasteiger partial charge in [-0.1, -0.05) is 27.2 Å². The second-order valence-corrected chi connectivity index (χ2v) is 5.20. The number of nitrogens with one attached hydrogen (secondary N) is 1. The third kappa shape index (κ3) is 6.80. The van der Waals surface area contributed by atoms with Gasteiger partial charge in [0.05, 0.1) is 11.6 Å². The highest BCUT2D eigenvalue weighted by molar-refractivity contribution is 5.81. The number of carbonyl (C=O) groups is 1. The predicted octanol–water partition coefficient (Wildman–Crippen LogP) is 1.03. The largest absolute Gasteiger partial charge is 0.388 e. The van der Waals surface area contributed by atoms with Crippen LogP contribution < -0.4 is 11.1 Å². The van der Waals surface area contributed by atoms with Gasteiger partial charge in [-0.05, 0) is 25.7 Å². The molecule has 0 saturated carbocycles. The molecule has 2 atom stereocenters. The predicted molar refractivity (Wildman–Crippen MR) is 66.0 cm³/mol. The molecule has 0 radical (unpaired) electrons. The number of aliphatic hydroxyl groups is 1. The minimum atomic E-state index is -0.831. The van der Waals surface area contributed by atoms with Gasteiger partial charge >= 0.3 is 0 Å². The van der Waals surface area contributed by atoms with E-state index in [2.05, 4.69) is 5.32 Å². The highest BCUT2D eigenvalue weighted by Gasteiger charge is 2.22. The minimum Gasteiger partial charge on any atom is -0.388 e. The standard InChI is InChI=1S/C12H26N2O2/c1-5-6-12(4,16)8-14-11(15)10(13)7-9(2)3/h9-10,16H,5-8,13H2,1-4H3,(H,14,15)/t10-,12?/m0/s1. The molecule has 0 spiro atoms. The summed E-state index contributed by atoms with van der Waals surface area (Å²) in [6.07, 6.45) is 2.23. The molecular formula is C12H26N2O2. The summed E-state index contributed by atoms with van der Waals surface area (Å²) in [5.74, 6) is 0.224. The van der Waals surface area contributed by atoms with Crippen molar-refractivity contribution in [2.75, 3.05) is 6.54 Å². The van der Waals surface area contributed by atoms with E-state index in [1.54, 1.807) is 6.92 Å². The second kappa shape index (κ2) is 6.86. The summed E-state index contributed by atoms with van der Waals surface area (Å²) in [6.45, 7) is 8.05. The van der Waals surface area contributed by atoms with Gasteiger partial charge in [0.2, 0.25) is 5.91 Å². The fourth-order valence-electron chi connectivity index (χ4n) is 1.65. The van der Waals surface area contributed by atoms with Crippen LogP contribution in [0.5, 0.6) is 0 Å². The molecule has 0 aliphatic heterocycles. The lowest BCUT2D eigenvalue weighted by Gasteiger charge is -2.24. The molecule has 4 nitrogen and oxygen atoms in total. The summed E-state index contributed by atoms with van der Waals surface area (Å²) >= 11 is 0. The van der Waals surface area contributed by atoms with Crippen molar-refractivity contribution < 1.29 is 9.90 Å². The molecule has 1 unspecified atom stereocenters. The summed E-state index contributed by atoms with van der Waals surface area (Å²) in [7, 11) is 0. The number of carbonyl (C=O) groups excluding carboxylic acids is 1. The van der Waals surface area contributed by atoms with Gasteiger partial charge in [0.25, 0.3) is 0 Å². The van der Waals surface area contributed by atoms with Crippen LogP contribution in [-0.4, -0.2) is 29.2 Å². The van der Waals surface area contributed by atoms with E-state index in [9.17, 15) is 9.90 Å². The average molecular weight is 230 g/mol. The molecule has 4 N–H and O–H groups in total. The van der Waals surface area contributed by atoms with Crippen LogP contribution in [0.25, 0.3) is 0 Å². The molecule has 0 saturated heterocycles. The highest BCUT2D eigenvalue weighted by atomic mass is 16.3. The van der Waals surface area contributed by atoms with Crippen LogP contribution in [0, 0.1) is 5.92 Å². The van der Waals surface area contributed by atoms with Gasteiger partial charge < -0.3 is 16.2 Å². The number of amides is 1. The van der Waals surface area contributed by atoms with E-state index >= 15 is 0 Å². The van der Waals surface area contributed by atoms with Crippen LogP contribution >= 0.6 is 0 Å². The number of hydrogen-bond acceptors (Lipinski definition) is 3. The van der Waals surface area contributed by atoms with Gasteiger partial charge in [0.15, 0.2) is 0 Å². The Morgan fingerprint density at radius 2 is 2.06 bits per heavy atom. The van der Waals surface area contributed by atoms with Crippen molar-refractivity contribution in [1.29, 1.82) is 0 Å². The Labute approximate surface area is 98.6 Å². The molecule has 1 amide bonds. The fourth-order valence-corrected chi connectivity index (χ4v) is 1.65. The molecule has 0 aliphatic carbocycles. The maximum absolute atomic E-state index is 11.6. The van der Waals surface area contributed by atoms with E-state index in [0.29, 0.717) is 18.8 Å². The van der Waals surface area contributed by atoms with Gasteiger partial charge in [0, 0.05) is 6.54 Å². The second-order valence-electron chi connectivity index (χ2n) is 5.20. The number of nitrogens with two attached hydrogens (primary N) is 1. The Kier molecular flexibility index (Phi) is 6.60. The molecule has 0 fully saturated rings. The Bertz CT molecular complexity index is 215. The highest BCUT2D eigenvalue weighted by Crippen LogP contribution is 2.10. The summed E-state index contributed by atoms with van der Waals surface area (Å²) in [5.41, 5.74) is 4.90. The van der Waals surface area contributed by atoms with Crippen LogP contribution in [0.4, 0.5) is 0 Å². The molecule has 0 aromatic heterocycles. The smallest absolute Gasteiger partial charge is 0.237 e. The lowest BCUT2D eigenvalue weighted by atomic mass is 10.00. The summed E-state index contributed by atoms with van der Waals surface area (Å²) in [5, 5.41) is 12.6. The van der Waals surface area contributed by atoms with Gasteiger partial charge in [-0.2, -0.15) is 0 Å². The zero-order valence-corrected chi connectivity index (χ0v) is 10.9. The van der Waals surface area contributed by atoms with E-state index in [0.717, 1.165) is 6.42 Å². The summed E-state index contributed by atoms with van der Waals surface area (Å²) in [6, 6.07) is -0.475. The quantitative estimate of drug-likeness (QED) is 0.611. The minimum absolute atomic E-state index is 0.176. The topological polar surface area (TPSA) is 75.3 Å². The maximum atomic E-state index is 11.6. The first kappa shape index (κ1) is 15.4. The molecule has 0 aliphatic rings. The van der Waals surface area contributed by atoms with Crippen LogP contribution in [0.2, 0.25) is 0 Å². The van der Waals surface area contributed by atoms with Gasteiger partial charge in [0.1, 0.15) is 0 Å². The zero-order valence-electron chi connectivity index (χ0n) is 10.9. The summed E-state index contributed by atoms with van der Waals surface area (Å²) in [4.78, 5) is 11.6. The van der Waals surface area contributed by atoms with Crippen molar-refractivity contribution in [1.82, 2.24) is 5.32 Å². The first-order valence-electron chi connectivity index (χ1n) is 6.04. The van der Waals surface area contributed by atoms with E-state index in [1.807, 2.05) is 20.8 Å². The van der Waals surface area contributed by atoms with Gasteiger partial charge in [-0.15, -0.1) is 0 Å². The molecule has 4 heteroatoms. The molecule has 16 heavy (non-hydrogen) atoms. The van der Waals surface area contributed by atoms with Crippen molar-refractivity contribution in [3.63, 3.8) is 0 Å². The van der Waals surface area contributed by atoms with Crippen LogP contribution in [0.15, 0.2) is 0 Å². The molecule has 0 rings (SSSR count). The lowest BCUT2D eigenvalue weighted by Crippen LogP contribution is -2.47. The van der Waals surface area contributed by atoms with Crippen molar-refractivity contribution in [3.05, 3.63) is 0 Å². The van der Waals surface area contributed by atoms with E-state index in [4.69, 9.17) is 5.73 Å². The van der Waals surface area contributed by atoms with Crippen molar-refractivity contribution >= 4 is 5.91 Å². The molecule has 0 aromatic carbocycles.